The Bertz CT molecular complexity index is 1250. The summed E-state index contributed by atoms with van der Waals surface area (Å²) in [7, 11) is 0. The molecule has 0 saturated heterocycles. The first-order valence-electron chi connectivity index (χ1n) is 9.88. The topological polar surface area (TPSA) is 67.2 Å². The van der Waals surface area contributed by atoms with E-state index in [4.69, 9.17) is 16.6 Å². The summed E-state index contributed by atoms with van der Waals surface area (Å²) in [5, 5.41) is 13.5. The number of para-hydroxylation sites is 3. The van der Waals surface area contributed by atoms with Crippen LogP contribution in [0.2, 0.25) is 5.02 Å². The number of nitrogens with zero attached hydrogens (tertiary/aromatic N) is 2. The normalized spacial score (nSPS) is 12.1. The number of halogens is 1. The third-order valence-electron chi connectivity index (χ3n) is 4.97. The van der Waals surface area contributed by atoms with Gasteiger partial charge in [0.15, 0.2) is 5.16 Å². The number of aliphatic hydroxyl groups is 1. The fraction of sp³-hybridized carbons (Fsp3) is 0.167. The Morgan fingerprint density at radius 1 is 1.16 bits per heavy atom. The Morgan fingerprint density at radius 2 is 1.90 bits per heavy atom. The van der Waals surface area contributed by atoms with Gasteiger partial charge in [0.25, 0.3) is 0 Å². The standard InChI is InChI=1S/C24H22ClN3O2S/c1-15-11-12-19(18(25)13-15)26-23(30)16(2)31-24-27-20-8-4-6-10-22(20)28(24)21-9-5-3-7-17(21)14-29/h3-13,16,29H,14H2,1-2H3,(H,26,30). The molecule has 1 atom stereocenters. The van der Waals surface area contributed by atoms with Crippen molar-refractivity contribution in [2.75, 3.05) is 5.32 Å². The number of hydrogen-bond donors (Lipinski definition) is 2. The van der Waals surface area contributed by atoms with Gasteiger partial charge in [0.1, 0.15) is 0 Å². The third kappa shape index (κ3) is 4.46. The average molecular weight is 452 g/mol. The molecule has 4 aromatic rings. The van der Waals surface area contributed by atoms with Gasteiger partial charge in [-0.25, -0.2) is 4.98 Å². The van der Waals surface area contributed by atoms with Gasteiger partial charge in [0.2, 0.25) is 5.91 Å². The fourth-order valence-electron chi connectivity index (χ4n) is 3.35. The summed E-state index contributed by atoms with van der Waals surface area (Å²) in [4.78, 5) is 17.6. The van der Waals surface area contributed by atoms with E-state index in [9.17, 15) is 9.90 Å². The maximum absolute atomic E-state index is 12.9. The SMILES string of the molecule is Cc1ccc(NC(=O)C(C)Sc2nc3ccccc3n2-c2ccccc2CO)c(Cl)c1. The van der Waals surface area contributed by atoms with Crippen molar-refractivity contribution in [3.8, 4) is 5.69 Å². The monoisotopic (exact) mass is 451 g/mol. The second-order valence-electron chi connectivity index (χ2n) is 7.24. The Kier molecular flexibility index (Phi) is 6.32. The van der Waals surface area contributed by atoms with E-state index in [2.05, 4.69) is 5.32 Å². The smallest absolute Gasteiger partial charge is 0.237 e. The van der Waals surface area contributed by atoms with E-state index >= 15 is 0 Å². The minimum atomic E-state index is -0.422. The second-order valence-corrected chi connectivity index (χ2v) is 8.95. The number of aryl methyl sites for hydroxylation is 1. The first-order valence-corrected chi connectivity index (χ1v) is 11.1. The maximum Gasteiger partial charge on any atom is 0.237 e. The second kappa shape index (κ2) is 9.14. The zero-order valence-electron chi connectivity index (χ0n) is 17.2. The van der Waals surface area contributed by atoms with Crippen LogP contribution in [0.1, 0.15) is 18.1 Å². The number of amides is 1. The van der Waals surface area contributed by atoms with Gasteiger partial charge < -0.3 is 10.4 Å². The van der Waals surface area contributed by atoms with E-state index in [1.165, 1.54) is 11.8 Å². The summed E-state index contributed by atoms with van der Waals surface area (Å²) in [6.45, 7) is 3.70. The number of imidazole rings is 1. The molecule has 0 fully saturated rings. The van der Waals surface area contributed by atoms with Crippen LogP contribution in [0.5, 0.6) is 0 Å². The molecular formula is C24H22ClN3O2S. The van der Waals surface area contributed by atoms with Crippen molar-refractivity contribution < 1.29 is 9.90 Å². The van der Waals surface area contributed by atoms with Gasteiger partial charge >= 0.3 is 0 Å². The lowest BCUT2D eigenvalue weighted by atomic mass is 10.2. The van der Waals surface area contributed by atoms with Crippen LogP contribution in [0.4, 0.5) is 5.69 Å². The summed E-state index contributed by atoms with van der Waals surface area (Å²) in [6.07, 6.45) is 0. The van der Waals surface area contributed by atoms with Gasteiger partial charge in [-0.15, -0.1) is 0 Å². The molecule has 1 amide bonds. The molecule has 0 aliphatic heterocycles. The molecule has 0 spiro atoms. The van der Waals surface area contributed by atoms with Gasteiger partial charge in [-0.1, -0.05) is 59.8 Å². The first kappa shape index (κ1) is 21.4. The summed E-state index contributed by atoms with van der Waals surface area (Å²) in [5.41, 5.74) is 4.99. The minimum Gasteiger partial charge on any atom is -0.392 e. The summed E-state index contributed by atoms with van der Waals surface area (Å²) in [5.74, 6) is -0.162. The van der Waals surface area contributed by atoms with Crippen LogP contribution < -0.4 is 5.32 Å². The largest absolute Gasteiger partial charge is 0.392 e. The van der Waals surface area contributed by atoms with Crippen LogP contribution in [-0.4, -0.2) is 25.8 Å². The van der Waals surface area contributed by atoms with Crippen molar-refractivity contribution in [1.29, 1.82) is 0 Å². The van der Waals surface area contributed by atoms with Crippen LogP contribution in [-0.2, 0) is 11.4 Å². The zero-order valence-corrected chi connectivity index (χ0v) is 18.7. The zero-order chi connectivity index (χ0) is 22.0. The number of hydrogen-bond acceptors (Lipinski definition) is 4. The molecular weight excluding hydrogens is 430 g/mol. The van der Waals surface area contributed by atoms with Crippen molar-refractivity contribution in [3.05, 3.63) is 82.9 Å². The first-order chi connectivity index (χ1) is 15.0. The van der Waals surface area contributed by atoms with E-state index in [1.807, 2.05) is 79.1 Å². The molecule has 0 bridgehead atoms. The van der Waals surface area contributed by atoms with Crippen molar-refractivity contribution in [1.82, 2.24) is 9.55 Å². The molecule has 0 saturated carbocycles. The predicted octanol–water partition coefficient (Wildman–Crippen LogP) is 5.60. The Morgan fingerprint density at radius 3 is 2.68 bits per heavy atom. The number of rotatable bonds is 6. The van der Waals surface area contributed by atoms with Crippen molar-refractivity contribution >= 4 is 46.0 Å². The van der Waals surface area contributed by atoms with Gasteiger partial charge in [-0.2, -0.15) is 0 Å². The van der Waals surface area contributed by atoms with Crippen molar-refractivity contribution in [3.63, 3.8) is 0 Å². The number of carbonyl (C=O) groups is 1. The Labute approximate surface area is 190 Å². The molecule has 0 radical (unpaired) electrons. The molecule has 158 valence electrons. The van der Waals surface area contributed by atoms with E-state index in [0.717, 1.165) is 27.8 Å². The van der Waals surface area contributed by atoms with E-state index < -0.39 is 5.25 Å². The molecule has 3 aromatic carbocycles. The lowest BCUT2D eigenvalue weighted by molar-refractivity contribution is -0.115. The lowest BCUT2D eigenvalue weighted by Crippen LogP contribution is -2.23. The number of benzene rings is 3. The molecule has 1 unspecified atom stereocenters. The Balaban J connectivity index is 1.67. The number of aromatic nitrogens is 2. The quantitative estimate of drug-likeness (QED) is 0.374. The molecule has 5 nitrogen and oxygen atoms in total. The highest BCUT2D eigenvalue weighted by Gasteiger charge is 2.22. The summed E-state index contributed by atoms with van der Waals surface area (Å²) < 4.78 is 1.99. The molecule has 4 rings (SSSR count). The van der Waals surface area contributed by atoms with E-state index in [0.29, 0.717) is 15.9 Å². The average Bonchev–Trinajstić information content (AvgIpc) is 3.13. The van der Waals surface area contributed by atoms with Crippen LogP contribution >= 0.6 is 23.4 Å². The van der Waals surface area contributed by atoms with Crippen molar-refractivity contribution in [2.45, 2.75) is 30.9 Å². The highest BCUT2D eigenvalue weighted by atomic mass is 35.5. The van der Waals surface area contributed by atoms with Crippen LogP contribution in [0.15, 0.2) is 71.9 Å². The molecule has 1 aromatic heterocycles. The predicted molar refractivity (Wildman–Crippen MR) is 127 cm³/mol. The van der Waals surface area contributed by atoms with Crippen molar-refractivity contribution in [2.24, 2.45) is 0 Å². The number of anilines is 1. The Hall–Kier alpha value is -2.80. The number of carbonyl (C=O) groups excluding carboxylic acids is 1. The lowest BCUT2D eigenvalue weighted by Gasteiger charge is -2.16. The number of fused-ring (bicyclic) bond motifs is 1. The number of thioether (sulfide) groups is 1. The fourth-order valence-corrected chi connectivity index (χ4v) is 4.56. The molecule has 0 aliphatic rings. The summed E-state index contributed by atoms with van der Waals surface area (Å²) >= 11 is 7.63. The van der Waals surface area contributed by atoms with E-state index in [1.54, 1.807) is 6.07 Å². The highest BCUT2D eigenvalue weighted by molar-refractivity contribution is 8.00. The highest BCUT2D eigenvalue weighted by Crippen LogP contribution is 2.32. The third-order valence-corrected chi connectivity index (χ3v) is 6.33. The van der Waals surface area contributed by atoms with Gasteiger partial charge in [0, 0.05) is 5.56 Å². The van der Waals surface area contributed by atoms with Gasteiger partial charge in [-0.05, 0) is 49.7 Å². The summed E-state index contributed by atoms with van der Waals surface area (Å²) in [6, 6.07) is 21.0. The van der Waals surface area contributed by atoms with Crippen LogP contribution in [0.25, 0.3) is 16.7 Å². The number of nitrogens with one attached hydrogen (secondary N) is 1. The minimum absolute atomic E-state index is 0.0885. The molecule has 7 heteroatoms. The molecule has 31 heavy (non-hydrogen) atoms. The van der Waals surface area contributed by atoms with Gasteiger partial charge in [0.05, 0.1) is 39.3 Å². The molecule has 1 heterocycles. The van der Waals surface area contributed by atoms with Gasteiger partial charge in [-0.3, -0.25) is 9.36 Å². The number of aliphatic hydroxyl groups excluding tert-OH is 1. The molecule has 2 N–H and O–H groups in total. The van der Waals surface area contributed by atoms with Crippen LogP contribution in [0, 0.1) is 6.92 Å². The van der Waals surface area contributed by atoms with Crippen LogP contribution in [0.3, 0.4) is 0 Å². The maximum atomic E-state index is 12.9. The molecule has 0 aliphatic carbocycles. The van der Waals surface area contributed by atoms with E-state index in [-0.39, 0.29) is 12.5 Å².